The fourth-order valence-electron chi connectivity index (χ4n) is 4.45. The molecule has 2 N–H and O–H groups in total. The lowest BCUT2D eigenvalue weighted by Gasteiger charge is -2.29. The average Bonchev–Trinajstić information content (AvgIpc) is 2.70. The quantitative estimate of drug-likeness (QED) is 0.547. The van der Waals surface area contributed by atoms with Crippen LogP contribution in [0.15, 0.2) is 30.3 Å². The predicted octanol–water partition coefficient (Wildman–Crippen LogP) is 6.55. The summed E-state index contributed by atoms with van der Waals surface area (Å²) in [4.78, 5) is 0. The third-order valence-electron chi connectivity index (χ3n) is 6.21. The van der Waals surface area contributed by atoms with E-state index in [1.54, 1.807) is 12.1 Å². The van der Waals surface area contributed by atoms with Gasteiger partial charge in [-0.05, 0) is 74.0 Å². The number of phenolic OH excluding ortho intramolecular Hbond substituents is 1. The molecule has 1 aliphatic rings. The number of benzene rings is 2. The molecule has 1 atom stereocenters. The minimum absolute atomic E-state index is 0.0320. The number of hydrogen-bond acceptors (Lipinski definition) is 2. The molecule has 2 aromatic rings. The molecular weight excluding hydrogens is 377 g/mol. The summed E-state index contributed by atoms with van der Waals surface area (Å²) < 4.78 is 42.8. The van der Waals surface area contributed by atoms with Gasteiger partial charge in [-0.25, -0.2) is 13.2 Å². The van der Waals surface area contributed by atoms with Crippen molar-refractivity contribution in [3.8, 4) is 5.75 Å². The van der Waals surface area contributed by atoms with Crippen molar-refractivity contribution < 1.29 is 23.4 Å². The Kier molecular flexibility index (Phi) is 7.23. The zero-order valence-electron chi connectivity index (χ0n) is 16.8. The van der Waals surface area contributed by atoms with Crippen molar-refractivity contribution in [3.05, 3.63) is 64.5 Å². The smallest absolute Gasteiger partial charge is 0.164 e. The van der Waals surface area contributed by atoms with Crippen molar-refractivity contribution in [1.82, 2.24) is 0 Å². The lowest BCUT2D eigenvalue weighted by molar-refractivity contribution is 0.160. The van der Waals surface area contributed by atoms with Crippen molar-refractivity contribution >= 4 is 0 Å². The highest BCUT2D eigenvalue weighted by Crippen LogP contribution is 2.39. The fourth-order valence-corrected chi connectivity index (χ4v) is 4.45. The van der Waals surface area contributed by atoms with E-state index in [9.17, 15) is 23.4 Å². The molecule has 1 saturated carbocycles. The summed E-state index contributed by atoms with van der Waals surface area (Å²) in [6.45, 7) is 1.89. The molecule has 0 aromatic heterocycles. The van der Waals surface area contributed by atoms with Crippen LogP contribution >= 0.6 is 0 Å². The van der Waals surface area contributed by atoms with Gasteiger partial charge in [-0.15, -0.1) is 0 Å². The minimum Gasteiger partial charge on any atom is -0.508 e. The Hall–Kier alpha value is -2.01. The standard InChI is InChI=1S/C24H29F3O2/c1-2-3-22(29)20-12-10-17(23(26)24(20)27)9-6-15-4-7-16(8-5-15)19-13-11-18(28)14-21(19)25/h10-16,22,28-29H,2-9H2,1H3. The topological polar surface area (TPSA) is 40.5 Å². The molecule has 158 valence electrons. The van der Waals surface area contributed by atoms with Crippen LogP contribution in [0.2, 0.25) is 0 Å². The van der Waals surface area contributed by atoms with Crippen LogP contribution in [0.5, 0.6) is 5.75 Å². The Morgan fingerprint density at radius 1 is 1.00 bits per heavy atom. The zero-order chi connectivity index (χ0) is 21.0. The Bertz CT molecular complexity index is 829. The van der Waals surface area contributed by atoms with Gasteiger partial charge in [-0.3, -0.25) is 0 Å². The molecule has 3 rings (SSSR count). The third kappa shape index (κ3) is 5.13. The largest absolute Gasteiger partial charge is 0.508 e. The van der Waals surface area contributed by atoms with Crippen molar-refractivity contribution in [2.75, 3.05) is 0 Å². The second kappa shape index (κ2) is 9.66. The first-order chi connectivity index (χ1) is 13.9. The zero-order valence-corrected chi connectivity index (χ0v) is 16.8. The van der Waals surface area contributed by atoms with Crippen LogP contribution in [0.25, 0.3) is 0 Å². The summed E-state index contributed by atoms with van der Waals surface area (Å²) >= 11 is 0. The summed E-state index contributed by atoms with van der Waals surface area (Å²) in [6.07, 6.45) is 4.88. The highest BCUT2D eigenvalue weighted by Gasteiger charge is 2.25. The molecule has 29 heavy (non-hydrogen) atoms. The van der Waals surface area contributed by atoms with Gasteiger partial charge < -0.3 is 10.2 Å². The van der Waals surface area contributed by atoms with E-state index in [1.807, 2.05) is 6.92 Å². The molecule has 0 amide bonds. The Labute approximate surface area is 170 Å². The van der Waals surface area contributed by atoms with Gasteiger partial charge in [-0.1, -0.05) is 31.5 Å². The molecule has 0 bridgehead atoms. The van der Waals surface area contributed by atoms with E-state index in [0.29, 0.717) is 36.3 Å². The third-order valence-corrected chi connectivity index (χ3v) is 6.21. The van der Waals surface area contributed by atoms with Crippen LogP contribution in [-0.4, -0.2) is 10.2 Å². The number of halogens is 3. The summed E-state index contributed by atoms with van der Waals surface area (Å²) in [5.41, 5.74) is 1.03. The molecule has 0 heterocycles. The monoisotopic (exact) mass is 406 g/mol. The molecule has 2 aromatic carbocycles. The highest BCUT2D eigenvalue weighted by atomic mass is 19.2. The van der Waals surface area contributed by atoms with Crippen LogP contribution in [-0.2, 0) is 6.42 Å². The average molecular weight is 406 g/mol. The number of aromatic hydroxyl groups is 1. The maximum absolute atomic E-state index is 14.4. The number of rotatable bonds is 7. The SMILES string of the molecule is CCCC(O)c1ccc(CCC2CCC(c3ccc(O)cc3F)CC2)c(F)c1F. The van der Waals surface area contributed by atoms with Crippen LogP contribution in [0, 0.1) is 23.4 Å². The molecular formula is C24H29F3O2. The number of aryl methyl sites for hydroxylation is 1. The lowest BCUT2D eigenvalue weighted by atomic mass is 9.76. The maximum Gasteiger partial charge on any atom is 0.164 e. The number of aliphatic hydroxyl groups is 1. The van der Waals surface area contributed by atoms with E-state index < -0.39 is 17.7 Å². The highest BCUT2D eigenvalue weighted by molar-refractivity contribution is 5.30. The molecule has 0 spiro atoms. The van der Waals surface area contributed by atoms with Crippen LogP contribution in [0.3, 0.4) is 0 Å². The lowest BCUT2D eigenvalue weighted by Crippen LogP contribution is -2.15. The van der Waals surface area contributed by atoms with Gasteiger partial charge in [0.2, 0.25) is 0 Å². The number of aliphatic hydroxyl groups excluding tert-OH is 1. The number of phenols is 1. The van der Waals surface area contributed by atoms with Crippen molar-refractivity contribution in [3.63, 3.8) is 0 Å². The molecule has 5 heteroatoms. The Balaban J connectivity index is 1.56. The minimum atomic E-state index is -0.973. The van der Waals surface area contributed by atoms with Gasteiger partial charge in [0.05, 0.1) is 6.10 Å². The molecule has 1 fully saturated rings. The van der Waals surface area contributed by atoms with E-state index >= 15 is 0 Å². The Morgan fingerprint density at radius 2 is 1.72 bits per heavy atom. The van der Waals surface area contributed by atoms with E-state index in [1.165, 1.54) is 12.1 Å². The molecule has 0 aliphatic heterocycles. The van der Waals surface area contributed by atoms with Crippen LogP contribution in [0.1, 0.15) is 80.6 Å². The molecule has 1 unspecified atom stereocenters. The first kappa shape index (κ1) is 21.7. The van der Waals surface area contributed by atoms with Gasteiger partial charge in [0.1, 0.15) is 11.6 Å². The first-order valence-corrected chi connectivity index (χ1v) is 10.5. The van der Waals surface area contributed by atoms with Gasteiger partial charge in [0.15, 0.2) is 11.6 Å². The van der Waals surface area contributed by atoms with Crippen LogP contribution < -0.4 is 0 Å². The van der Waals surface area contributed by atoms with E-state index in [4.69, 9.17) is 0 Å². The normalized spacial score (nSPS) is 20.6. The molecule has 1 aliphatic carbocycles. The van der Waals surface area contributed by atoms with Gasteiger partial charge >= 0.3 is 0 Å². The van der Waals surface area contributed by atoms with Crippen molar-refractivity contribution in [2.45, 2.75) is 70.3 Å². The summed E-state index contributed by atoms with van der Waals surface area (Å²) in [5.74, 6) is -1.68. The van der Waals surface area contributed by atoms with E-state index in [2.05, 4.69) is 0 Å². The molecule has 2 nitrogen and oxygen atoms in total. The Morgan fingerprint density at radius 3 is 2.38 bits per heavy atom. The van der Waals surface area contributed by atoms with Gasteiger partial charge in [-0.2, -0.15) is 0 Å². The van der Waals surface area contributed by atoms with E-state index in [-0.39, 0.29) is 23.0 Å². The summed E-state index contributed by atoms with van der Waals surface area (Å²) in [5, 5.41) is 19.3. The maximum atomic E-state index is 14.4. The van der Waals surface area contributed by atoms with Crippen molar-refractivity contribution in [2.24, 2.45) is 5.92 Å². The second-order valence-corrected chi connectivity index (χ2v) is 8.21. The number of hydrogen-bond donors (Lipinski definition) is 2. The summed E-state index contributed by atoms with van der Waals surface area (Å²) in [7, 11) is 0. The molecule has 0 radical (unpaired) electrons. The van der Waals surface area contributed by atoms with Crippen LogP contribution in [0.4, 0.5) is 13.2 Å². The van der Waals surface area contributed by atoms with Gasteiger partial charge in [0.25, 0.3) is 0 Å². The predicted molar refractivity (Wildman–Crippen MR) is 107 cm³/mol. The van der Waals surface area contributed by atoms with Crippen molar-refractivity contribution in [1.29, 1.82) is 0 Å². The fraction of sp³-hybridized carbons (Fsp3) is 0.500. The summed E-state index contributed by atoms with van der Waals surface area (Å²) in [6, 6.07) is 7.41. The first-order valence-electron chi connectivity index (χ1n) is 10.5. The van der Waals surface area contributed by atoms with E-state index in [0.717, 1.165) is 38.2 Å². The molecule has 0 saturated heterocycles. The van der Waals surface area contributed by atoms with Gasteiger partial charge in [0, 0.05) is 11.6 Å². The second-order valence-electron chi connectivity index (χ2n) is 8.21.